The number of nitrogens with one attached hydrogen (secondary N) is 1. The second-order valence-corrected chi connectivity index (χ2v) is 7.69. The summed E-state index contributed by atoms with van der Waals surface area (Å²) < 4.78 is 5.84. The molecule has 3 aromatic rings. The minimum absolute atomic E-state index is 0.0156. The van der Waals surface area contributed by atoms with Crippen molar-refractivity contribution in [1.82, 2.24) is 10.3 Å². The maximum absolute atomic E-state index is 12.6. The fourth-order valence-corrected chi connectivity index (χ4v) is 3.50. The molecule has 2 heterocycles. The van der Waals surface area contributed by atoms with Crippen LogP contribution in [0.25, 0.3) is 21.5 Å². The molecule has 3 rings (SSSR count). The van der Waals surface area contributed by atoms with Gasteiger partial charge in [0, 0.05) is 11.4 Å². The van der Waals surface area contributed by atoms with Crippen LogP contribution in [0.1, 0.15) is 24.2 Å². The van der Waals surface area contributed by atoms with Crippen LogP contribution in [0.15, 0.2) is 42.5 Å². The molecular formula is C19H17ClN2O3S. The lowest BCUT2D eigenvalue weighted by Gasteiger charge is -2.11. The number of rotatable bonds is 5. The molecule has 0 saturated heterocycles. The van der Waals surface area contributed by atoms with E-state index in [2.05, 4.69) is 10.3 Å². The van der Waals surface area contributed by atoms with Crippen LogP contribution in [0.5, 0.6) is 0 Å². The molecule has 0 aliphatic heterocycles. The number of hydrogen-bond donors (Lipinski definition) is 1. The zero-order valence-electron chi connectivity index (χ0n) is 14.3. The largest absolute Gasteiger partial charge is 0.452 e. The first-order valence-electron chi connectivity index (χ1n) is 8.06. The maximum atomic E-state index is 12.6. The third kappa shape index (κ3) is 4.20. The lowest BCUT2D eigenvalue weighted by molar-refractivity contribution is -0.124. The van der Waals surface area contributed by atoms with E-state index in [4.69, 9.17) is 16.3 Å². The van der Waals surface area contributed by atoms with Crippen molar-refractivity contribution in [3.8, 4) is 10.6 Å². The van der Waals surface area contributed by atoms with Gasteiger partial charge in [-0.15, -0.1) is 11.3 Å². The predicted molar refractivity (Wildman–Crippen MR) is 104 cm³/mol. The van der Waals surface area contributed by atoms with Crippen LogP contribution in [0.2, 0.25) is 4.34 Å². The number of amides is 1. The van der Waals surface area contributed by atoms with Crippen molar-refractivity contribution in [3.05, 3.63) is 52.4 Å². The van der Waals surface area contributed by atoms with Crippen molar-refractivity contribution >= 4 is 45.7 Å². The Morgan fingerprint density at radius 1 is 1.23 bits per heavy atom. The molecule has 7 heteroatoms. The van der Waals surface area contributed by atoms with Gasteiger partial charge in [0.15, 0.2) is 6.61 Å². The lowest BCUT2D eigenvalue weighted by atomic mass is 10.1. The number of thiophene rings is 1. The van der Waals surface area contributed by atoms with Gasteiger partial charge in [0.25, 0.3) is 5.91 Å². The standard InChI is InChI=1S/C19H17ClN2O3S/c1-11(2)21-18(23)10-25-19(24)13-9-15(16-7-8-17(20)26-16)22-14-6-4-3-5-12(13)14/h3-9,11H,10H2,1-2H3,(H,21,23). The summed E-state index contributed by atoms with van der Waals surface area (Å²) in [5.41, 5.74) is 1.68. The van der Waals surface area contributed by atoms with E-state index in [1.54, 1.807) is 18.2 Å². The van der Waals surface area contributed by atoms with Gasteiger partial charge in [-0.25, -0.2) is 9.78 Å². The Hall–Kier alpha value is -2.44. The Morgan fingerprint density at radius 2 is 2.00 bits per heavy atom. The monoisotopic (exact) mass is 388 g/mol. The van der Waals surface area contributed by atoms with Gasteiger partial charge in [-0.3, -0.25) is 4.79 Å². The van der Waals surface area contributed by atoms with Gasteiger partial charge in [-0.1, -0.05) is 29.8 Å². The number of hydrogen-bond acceptors (Lipinski definition) is 5. The summed E-state index contributed by atoms with van der Waals surface area (Å²) in [6.45, 7) is 3.36. The van der Waals surface area contributed by atoms with E-state index in [0.29, 0.717) is 26.5 Å². The molecule has 0 spiro atoms. The molecule has 0 atom stereocenters. The molecule has 1 aromatic carbocycles. The molecule has 134 valence electrons. The number of aromatic nitrogens is 1. The number of benzene rings is 1. The van der Waals surface area contributed by atoms with Crippen LogP contribution in [0, 0.1) is 0 Å². The van der Waals surface area contributed by atoms with Gasteiger partial charge in [0.1, 0.15) is 0 Å². The van der Waals surface area contributed by atoms with E-state index in [0.717, 1.165) is 4.88 Å². The SMILES string of the molecule is CC(C)NC(=O)COC(=O)c1cc(-c2ccc(Cl)s2)nc2ccccc12. The summed E-state index contributed by atoms with van der Waals surface area (Å²) in [5, 5.41) is 3.36. The van der Waals surface area contributed by atoms with Gasteiger partial charge in [-0.05, 0) is 38.1 Å². The summed E-state index contributed by atoms with van der Waals surface area (Å²) in [4.78, 5) is 29.8. The van der Waals surface area contributed by atoms with E-state index >= 15 is 0 Å². The third-order valence-corrected chi connectivity index (χ3v) is 4.80. The number of halogens is 1. The van der Waals surface area contributed by atoms with Gasteiger partial charge in [0.05, 0.1) is 26.0 Å². The molecule has 2 aromatic heterocycles. The van der Waals surface area contributed by atoms with E-state index in [1.807, 2.05) is 38.1 Å². The number of pyridine rings is 1. The lowest BCUT2D eigenvalue weighted by Crippen LogP contribution is -2.34. The molecule has 0 bridgehead atoms. The van der Waals surface area contributed by atoms with Crippen molar-refractivity contribution in [1.29, 1.82) is 0 Å². The Labute approximate surface area is 160 Å². The summed E-state index contributed by atoms with van der Waals surface area (Å²) in [6, 6.07) is 12.6. The number of carbonyl (C=O) groups is 2. The molecule has 0 aliphatic carbocycles. The number of para-hydroxylation sites is 1. The normalized spacial score (nSPS) is 10.9. The van der Waals surface area contributed by atoms with E-state index < -0.39 is 5.97 Å². The number of nitrogens with zero attached hydrogens (tertiary/aromatic N) is 1. The quantitative estimate of drug-likeness (QED) is 0.662. The first kappa shape index (κ1) is 18.4. The van der Waals surface area contributed by atoms with E-state index in [-0.39, 0.29) is 18.6 Å². The number of esters is 1. The van der Waals surface area contributed by atoms with Crippen LogP contribution in [0.3, 0.4) is 0 Å². The van der Waals surface area contributed by atoms with Gasteiger partial charge in [-0.2, -0.15) is 0 Å². The zero-order chi connectivity index (χ0) is 18.7. The molecule has 0 unspecified atom stereocenters. The summed E-state index contributed by atoms with van der Waals surface area (Å²) in [5.74, 6) is -0.900. The molecule has 0 radical (unpaired) electrons. The summed E-state index contributed by atoms with van der Waals surface area (Å²) in [7, 11) is 0. The van der Waals surface area contributed by atoms with Crippen LogP contribution < -0.4 is 5.32 Å². The van der Waals surface area contributed by atoms with Gasteiger partial charge in [0.2, 0.25) is 0 Å². The van der Waals surface area contributed by atoms with Crippen LogP contribution in [-0.2, 0) is 9.53 Å². The minimum atomic E-state index is -0.564. The van der Waals surface area contributed by atoms with Crippen LogP contribution in [0.4, 0.5) is 0 Å². The van der Waals surface area contributed by atoms with Crippen molar-refractivity contribution in [2.45, 2.75) is 19.9 Å². The second kappa shape index (κ2) is 7.85. The number of ether oxygens (including phenoxy) is 1. The second-order valence-electron chi connectivity index (χ2n) is 5.97. The Balaban J connectivity index is 1.93. The van der Waals surface area contributed by atoms with E-state index in [1.165, 1.54) is 11.3 Å². The first-order valence-corrected chi connectivity index (χ1v) is 9.25. The predicted octanol–water partition coefficient (Wildman–Crippen LogP) is 4.30. The van der Waals surface area contributed by atoms with Gasteiger partial charge < -0.3 is 10.1 Å². The highest BCUT2D eigenvalue weighted by molar-refractivity contribution is 7.19. The fourth-order valence-electron chi connectivity index (χ4n) is 2.49. The van der Waals surface area contributed by atoms with Crippen molar-refractivity contribution < 1.29 is 14.3 Å². The molecule has 0 fully saturated rings. The maximum Gasteiger partial charge on any atom is 0.339 e. The highest BCUT2D eigenvalue weighted by Crippen LogP contribution is 2.32. The zero-order valence-corrected chi connectivity index (χ0v) is 15.9. The van der Waals surface area contributed by atoms with E-state index in [9.17, 15) is 9.59 Å². The fraction of sp³-hybridized carbons (Fsp3) is 0.211. The Kier molecular flexibility index (Phi) is 5.54. The highest BCUT2D eigenvalue weighted by Gasteiger charge is 2.17. The summed E-state index contributed by atoms with van der Waals surface area (Å²) >= 11 is 7.39. The topological polar surface area (TPSA) is 68.3 Å². The van der Waals surface area contributed by atoms with Crippen molar-refractivity contribution in [2.75, 3.05) is 6.61 Å². The minimum Gasteiger partial charge on any atom is -0.452 e. The summed E-state index contributed by atoms with van der Waals surface area (Å²) in [6.07, 6.45) is 0. The molecule has 1 amide bonds. The number of carbonyl (C=O) groups excluding carboxylic acids is 2. The smallest absolute Gasteiger partial charge is 0.339 e. The Morgan fingerprint density at radius 3 is 2.69 bits per heavy atom. The average molecular weight is 389 g/mol. The van der Waals surface area contributed by atoms with Crippen LogP contribution >= 0.6 is 22.9 Å². The van der Waals surface area contributed by atoms with Crippen molar-refractivity contribution in [3.63, 3.8) is 0 Å². The highest BCUT2D eigenvalue weighted by atomic mass is 35.5. The molecule has 1 N–H and O–H groups in total. The molecule has 0 aliphatic rings. The molecule has 0 saturated carbocycles. The third-order valence-electron chi connectivity index (χ3n) is 3.55. The molecule has 5 nitrogen and oxygen atoms in total. The van der Waals surface area contributed by atoms with Crippen molar-refractivity contribution in [2.24, 2.45) is 0 Å². The first-order chi connectivity index (χ1) is 12.4. The van der Waals surface area contributed by atoms with Gasteiger partial charge >= 0.3 is 5.97 Å². The van der Waals surface area contributed by atoms with Crippen LogP contribution in [-0.4, -0.2) is 29.5 Å². The average Bonchev–Trinajstić information content (AvgIpc) is 3.04. The number of fused-ring (bicyclic) bond motifs is 1. The molecular weight excluding hydrogens is 372 g/mol. The Bertz CT molecular complexity index is 968. The molecule has 26 heavy (non-hydrogen) atoms.